The van der Waals surface area contributed by atoms with Crippen molar-refractivity contribution in [1.29, 1.82) is 0 Å². The van der Waals surface area contributed by atoms with Crippen LogP contribution in [0.4, 0.5) is 5.69 Å². The number of hydrogen-bond acceptors (Lipinski definition) is 8. The first-order valence-corrected chi connectivity index (χ1v) is 11.5. The zero-order valence-electron chi connectivity index (χ0n) is 19.2. The number of nitrogens with zero attached hydrogens (tertiary/aromatic N) is 3. The van der Waals surface area contributed by atoms with E-state index in [1.807, 2.05) is 25.1 Å². The van der Waals surface area contributed by atoms with Crippen LogP contribution >= 0.6 is 11.3 Å². The molecule has 4 aromatic rings. The van der Waals surface area contributed by atoms with Gasteiger partial charge in [0, 0.05) is 17.0 Å². The van der Waals surface area contributed by atoms with E-state index in [2.05, 4.69) is 15.6 Å². The zero-order chi connectivity index (χ0) is 24.2. The van der Waals surface area contributed by atoms with Crippen molar-refractivity contribution in [3.63, 3.8) is 0 Å². The Morgan fingerprint density at radius 2 is 1.82 bits per heavy atom. The van der Waals surface area contributed by atoms with Gasteiger partial charge in [0.2, 0.25) is 0 Å². The van der Waals surface area contributed by atoms with Crippen molar-refractivity contribution < 1.29 is 23.8 Å². The van der Waals surface area contributed by atoms with E-state index in [0.717, 1.165) is 16.0 Å². The van der Waals surface area contributed by atoms with Crippen LogP contribution in [0.15, 0.2) is 42.5 Å². The summed E-state index contributed by atoms with van der Waals surface area (Å²) in [5.41, 5.74) is 3.06. The van der Waals surface area contributed by atoms with Crippen LogP contribution in [0.3, 0.4) is 0 Å². The summed E-state index contributed by atoms with van der Waals surface area (Å²) < 4.78 is 17.7. The Hall–Kier alpha value is -3.92. The minimum absolute atomic E-state index is 0.222. The lowest BCUT2D eigenvalue weighted by Crippen LogP contribution is -2.14. The Labute approximate surface area is 200 Å². The Balaban J connectivity index is 1.68. The molecular formula is C24H24N4O5S. The van der Waals surface area contributed by atoms with Crippen LogP contribution < -0.4 is 14.8 Å². The molecule has 0 unspecified atom stereocenters. The zero-order valence-corrected chi connectivity index (χ0v) is 20.1. The molecule has 0 saturated heterocycles. The van der Waals surface area contributed by atoms with Gasteiger partial charge in [-0.2, -0.15) is 0 Å². The highest BCUT2D eigenvalue weighted by atomic mass is 32.1. The van der Waals surface area contributed by atoms with Gasteiger partial charge in [0.15, 0.2) is 11.5 Å². The van der Waals surface area contributed by atoms with Gasteiger partial charge < -0.3 is 19.5 Å². The summed E-state index contributed by atoms with van der Waals surface area (Å²) in [6.07, 6.45) is 0. The molecule has 176 valence electrons. The van der Waals surface area contributed by atoms with Gasteiger partial charge >= 0.3 is 5.97 Å². The minimum atomic E-state index is -0.504. The molecule has 0 aliphatic heterocycles. The summed E-state index contributed by atoms with van der Waals surface area (Å²) in [4.78, 5) is 26.7. The molecule has 0 atom stereocenters. The number of carbonyl (C=O) groups excluding carboxylic acids is 2. The number of ether oxygens (including phenoxy) is 3. The second-order valence-electron chi connectivity index (χ2n) is 7.21. The standard InChI is InChI=1S/C24H24N4O5S/c1-5-28-18-9-7-15(11-16(18)26-27-28)23(29)25-17-13-21(34-22(17)24(30)33-6-2)14-8-10-19(31-3)20(12-14)32-4/h7-13H,5-6H2,1-4H3,(H,25,29). The molecule has 0 spiro atoms. The molecule has 2 heterocycles. The normalized spacial score (nSPS) is 10.8. The lowest BCUT2D eigenvalue weighted by molar-refractivity contribution is 0.0533. The predicted octanol–water partition coefficient (Wildman–Crippen LogP) is 4.63. The number of aromatic nitrogens is 3. The number of fused-ring (bicyclic) bond motifs is 1. The first kappa shape index (κ1) is 23.2. The molecule has 10 heteroatoms. The van der Waals surface area contributed by atoms with Crippen LogP contribution in [-0.4, -0.2) is 47.7 Å². The molecule has 9 nitrogen and oxygen atoms in total. The van der Waals surface area contributed by atoms with Gasteiger partial charge in [0.1, 0.15) is 10.4 Å². The average Bonchev–Trinajstić information content (AvgIpc) is 3.47. The summed E-state index contributed by atoms with van der Waals surface area (Å²) >= 11 is 1.23. The number of methoxy groups -OCH3 is 2. The van der Waals surface area contributed by atoms with E-state index in [9.17, 15) is 9.59 Å². The maximum Gasteiger partial charge on any atom is 0.350 e. The van der Waals surface area contributed by atoms with Crippen LogP contribution in [0.2, 0.25) is 0 Å². The molecule has 2 aromatic heterocycles. The van der Waals surface area contributed by atoms with Gasteiger partial charge in [0.25, 0.3) is 5.91 Å². The van der Waals surface area contributed by atoms with Gasteiger partial charge in [-0.25, -0.2) is 9.48 Å². The van der Waals surface area contributed by atoms with Gasteiger partial charge in [-0.15, -0.1) is 16.4 Å². The number of rotatable bonds is 8. The van der Waals surface area contributed by atoms with Crippen LogP contribution in [-0.2, 0) is 11.3 Å². The first-order chi connectivity index (χ1) is 16.5. The fourth-order valence-corrected chi connectivity index (χ4v) is 4.51. The van der Waals surface area contributed by atoms with Crippen LogP contribution in [0.1, 0.15) is 33.9 Å². The first-order valence-electron chi connectivity index (χ1n) is 10.7. The van der Waals surface area contributed by atoms with Crippen molar-refractivity contribution in [2.75, 3.05) is 26.1 Å². The van der Waals surface area contributed by atoms with Crippen LogP contribution in [0, 0.1) is 0 Å². The lowest BCUT2D eigenvalue weighted by Gasteiger charge is -2.08. The van der Waals surface area contributed by atoms with Crippen molar-refractivity contribution in [1.82, 2.24) is 15.0 Å². The molecule has 2 aromatic carbocycles. The largest absolute Gasteiger partial charge is 0.493 e. The second-order valence-corrected chi connectivity index (χ2v) is 8.26. The Morgan fingerprint density at radius 3 is 2.53 bits per heavy atom. The van der Waals surface area contributed by atoms with Crippen LogP contribution in [0.25, 0.3) is 21.5 Å². The molecule has 4 rings (SSSR count). The number of anilines is 1. The van der Waals surface area contributed by atoms with Gasteiger partial charge in [-0.1, -0.05) is 5.21 Å². The van der Waals surface area contributed by atoms with E-state index in [0.29, 0.717) is 39.7 Å². The number of hydrogen-bond donors (Lipinski definition) is 1. The predicted molar refractivity (Wildman–Crippen MR) is 130 cm³/mol. The summed E-state index contributed by atoms with van der Waals surface area (Å²) in [6.45, 7) is 4.61. The van der Waals surface area contributed by atoms with Crippen molar-refractivity contribution in [3.05, 3.63) is 52.9 Å². The third kappa shape index (κ3) is 4.44. The second kappa shape index (κ2) is 9.92. The number of carbonyl (C=O) groups is 2. The highest BCUT2D eigenvalue weighted by Crippen LogP contribution is 2.39. The molecule has 1 amide bonds. The summed E-state index contributed by atoms with van der Waals surface area (Å²) in [7, 11) is 3.12. The number of aryl methyl sites for hydroxylation is 1. The molecule has 0 radical (unpaired) electrons. The van der Waals surface area contributed by atoms with Crippen molar-refractivity contribution in [3.8, 4) is 21.9 Å². The third-order valence-electron chi connectivity index (χ3n) is 5.18. The highest BCUT2D eigenvalue weighted by Gasteiger charge is 2.21. The Bertz CT molecular complexity index is 1360. The van der Waals surface area contributed by atoms with Crippen molar-refractivity contribution >= 4 is 39.9 Å². The number of amides is 1. The van der Waals surface area contributed by atoms with Gasteiger partial charge in [-0.05, 0) is 61.9 Å². The topological polar surface area (TPSA) is 105 Å². The number of esters is 1. The fourth-order valence-electron chi connectivity index (χ4n) is 3.51. The summed E-state index contributed by atoms with van der Waals surface area (Å²) in [5.74, 6) is 0.286. The average molecular weight is 481 g/mol. The van der Waals surface area contributed by atoms with E-state index >= 15 is 0 Å². The number of thiophene rings is 1. The van der Waals surface area contributed by atoms with Crippen LogP contribution in [0.5, 0.6) is 11.5 Å². The molecule has 0 bridgehead atoms. The van der Waals surface area contributed by atoms with E-state index in [1.165, 1.54) is 11.3 Å². The van der Waals surface area contributed by atoms with E-state index in [-0.39, 0.29) is 12.5 Å². The minimum Gasteiger partial charge on any atom is -0.493 e. The molecular weight excluding hydrogens is 456 g/mol. The Kier molecular flexibility index (Phi) is 6.78. The summed E-state index contributed by atoms with van der Waals surface area (Å²) in [5, 5.41) is 11.1. The van der Waals surface area contributed by atoms with Crippen molar-refractivity contribution in [2.45, 2.75) is 20.4 Å². The fraction of sp³-hybridized carbons (Fsp3) is 0.250. The Morgan fingerprint density at radius 1 is 1.03 bits per heavy atom. The summed E-state index contributed by atoms with van der Waals surface area (Å²) in [6, 6.07) is 12.4. The molecule has 0 aliphatic rings. The van der Waals surface area contributed by atoms with Crippen molar-refractivity contribution in [2.24, 2.45) is 0 Å². The quantitative estimate of drug-likeness (QED) is 0.367. The van der Waals surface area contributed by atoms with Gasteiger partial charge in [-0.3, -0.25) is 4.79 Å². The van der Waals surface area contributed by atoms with E-state index in [1.54, 1.807) is 50.1 Å². The molecule has 0 fully saturated rings. The molecule has 1 N–H and O–H groups in total. The maximum absolute atomic E-state index is 13.0. The maximum atomic E-state index is 13.0. The number of nitrogens with one attached hydrogen (secondary N) is 1. The smallest absolute Gasteiger partial charge is 0.350 e. The highest BCUT2D eigenvalue weighted by molar-refractivity contribution is 7.18. The monoisotopic (exact) mass is 480 g/mol. The molecule has 34 heavy (non-hydrogen) atoms. The van der Waals surface area contributed by atoms with E-state index in [4.69, 9.17) is 14.2 Å². The number of benzene rings is 2. The SMILES string of the molecule is CCOC(=O)c1sc(-c2ccc(OC)c(OC)c2)cc1NC(=O)c1ccc2c(c1)nnn2CC. The van der Waals surface area contributed by atoms with Gasteiger partial charge in [0.05, 0.1) is 32.0 Å². The van der Waals surface area contributed by atoms with E-state index < -0.39 is 5.97 Å². The third-order valence-corrected chi connectivity index (χ3v) is 6.35. The lowest BCUT2D eigenvalue weighted by atomic mass is 10.1. The molecule has 0 saturated carbocycles. The molecule has 0 aliphatic carbocycles.